The quantitative estimate of drug-likeness (QED) is 0.150. The Morgan fingerprint density at radius 3 is 1.74 bits per heavy atom. The number of rotatable bonds is 13. The Morgan fingerprint density at radius 2 is 1.32 bits per heavy atom. The van der Waals surface area contributed by atoms with E-state index in [1.807, 2.05) is 0 Å². The number of hydrogen-bond donors (Lipinski definition) is 0. The van der Waals surface area contributed by atoms with Crippen LogP contribution in [0, 0.1) is 29.6 Å². The van der Waals surface area contributed by atoms with Crippen LogP contribution in [0.4, 0.5) is 0 Å². The summed E-state index contributed by atoms with van der Waals surface area (Å²) in [6.07, 6.45) is 12.1. The molecule has 0 heteroatoms. The Labute approximate surface area is 298 Å². The molecule has 1 atom stereocenters. The molecule has 2 rings (SSSR count). The first-order valence-corrected chi connectivity index (χ1v) is 16.7. The van der Waals surface area contributed by atoms with Gasteiger partial charge in [0.25, 0.3) is 0 Å². The molecular weight excluding hydrogens is 565 g/mol. The van der Waals surface area contributed by atoms with Gasteiger partial charge in [-0.05, 0) is 91.4 Å². The highest BCUT2D eigenvalue weighted by Crippen LogP contribution is 2.43. The van der Waals surface area contributed by atoms with E-state index in [9.17, 15) is 0 Å². The lowest BCUT2D eigenvalue weighted by atomic mass is 9.65. The largest absolute Gasteiger partial charge is 0.100 e. The Hall–Kier alpha value is -2.60. The van der Waals surface area contributed by atoms with E-state index in [0.717, 1.165) is 25.7 Å². The average molecular weight is 647 g/mol. The maximum Gasteiger partial charge on any atom is 0.0276 e. The second kappa shape index (κ2) is 22.9. The van der Waals surface area contributed by atoms with E-state index in [1.54, 1.807) is 0 Å². The fourth-order valence-electron chi connectivity index (χ4n) is 5.40. The standard InChI is InChI=1S/C37H52.C6H14.4CH4/c1-12-34(19-18-30(8)20-27(2)3)37(24-28(4)5,26-32-16-14-13-15-17-32)35-22-31(9)21-33(23-35)25-36(10,11)29(6)7;1-5-6(2,3)4;;;;/h12-19,21-23,27,29H,4,8,20,24-26H2,1-3,5-7,9-11H3;5H2,1-4H3;4*1H4/b19-18-,34-12+;;;;;. The minimum atomic E-state index is -0.209. The van der Waals surface area contributed by atoms with Crippen molar-refractivity contribution < 1.29 is 0 Å². The summed E-state index contributed by atoms with van der Waals surface area (Å²) >= 11 is 0. The maximum absolute atomic E-state index is 4.42. The van der Waals surface area contributed by atoms with E-state index >= 15 is 0 Å². The van der Waals surface area contributed by atoms with Crippen LogP contribution in [0.2, 0.25) is 0 Å². The normalized spacial score (nSPS) is 12.9. The third kappa shape index (κ3) is 17.9. The number of benzene rings is 2. The van der Waals surface area contributed by atoms with Gasteiger partial charge in [-0.1, -0.05) is 195 Å². The molecule has 2 aromatic rings. The van der Waals surface area contributed by atoms with E-state index < -0.39 is 0 Å². The maximum atomic E-state index is 4.42. The van der Waals surface area contributed by atoms with E-state index in [4.69, 9.17) is 0 Å². The van der Waals surface area contributed by atoms with Crippen molar-refractivity contribution in [3.05, 3.63) is 119 Å². The van der Waals surface area contributed by atoms with Gasteiger partial charge in [0.1, 0.15) is 0 Å². The molecular formula is C47H82. The molecule has 0 aliphatic carbocycles. The minimum absolute atomic E-state index is 0. The zero-order valence-electron chi connectivity index (χ0n) is 30.5. The van der Waals surface area contributed by atoms with Crippen molar-refractivity contribution in [3.8, 4) is 0 Å². The molecule has 0 saturated heterocycles. The Morgan fingerprint density at radius 1 is 0.787 bits per heavy atom. The molecule has 2 aromatic carbocycles. The summed E-state index contributed by atoms with van der Waals surface area (Å²) in [5.74, 6) is 1.21. The zero-order chi connectivity index (χ0) is 33.0. The van der Waals surface area contributed by atoms with E-state index in [1.165, 1.54) is 45.4 Å². The summed E-state index contributed by atoms with van der Waals surface area (Å²) in [4.78, 5) is 0. The summed E-state index contributed by atoms with van der Waals surface area (Å²) in [5, 5.41) is 0. The van der Waals surface area contributed by atoms with Gasteiger partial charge in [-0.2, -0.15) is 0 Å². The van der Waals surface area contributed by atoms with Gasteiger partial charge >= 0.3 is 0 Å². The van der Waals surface area contributed by atoms with Crippen molar-refractivity contribution in [1.82, 2.24) is 0 Å². The van der Waals surface area contributed by atoms with Crippen molar-refractivity contribution in [2.24, 2.45) is 22.7 Å². The highest BCUT2D eigenvalue weighted by atomic mass is 14.4. The predicted molar refractivity (Wildman–Crippen MR) is 223 cm³/mol. The molecule has 0 spiro atoms. The van der Waals surface area contributed by atoms with Crippen LogP contribution in [0.5, 0.6) is 0 Å². The molecule has 0 nitrogen and oxygen atoms in total. The highest BCUT2D eigenvalue weighted by molar-refractivity contribution is 5.49. The molecule has 0 aromatic heterocycles. The van der Waals surface area contributed by atoms with Gasteiger partial charge in [-0.3, -0.25) is 0 Å². The van der Waals surface area contributed by atoms with E-state index in [0.29, 0.717) is 17.3 Å². The minimum Gasteiger partial charge on any atom is -0.100 e. The SMILES string of the molecule is C.C.C.C.C=C(C)CC(Cc1ccccc1)(C(/C=C\C(=C)CC(C)C)=C/C)c1cc(C)cc(CC(C)(C)C(C)C)c1.CCC(C)(C)C. The number of hydrogen-bond acceptors (Lipinski definition) is 0. The predicted octanol–water partition coefficient (Wildman–Crippen LogP) is 15.8. The average Bonchev–Trinajstić information content (AvgIpc) is 2.88. The smallest absolute Gasteiger partial charge is 0.0276 e. The van der Waals surface area contributed by atoms with Gasteiger partial charge in [0.05, 0.1) is 0 Å². The van der Waals surface area contributed by atoms with Crippen LogP contribution in [0.3, 0.4) is 0 Å². The second-order valence-electron chi connectivity index (χ2n) is 15.7. The van der Waals surface area contributed by atoms with Crippen molar-refractivity contribution in [1.29, 1.82) is 0 Å². The first kappa shape index (κ1) is 51.2. The van der Waals surface area contributed by atoms with Crippen LogP contribution in [0.1, 0.15) is 154 Å². The van der Waals surface area contributed by atoms with Crippen LogP contribution in [-0.4, -0.2) is 0 Å². The van der Waals surface area contributed by atoms with Gasteiger partial charge < -0.3 is 0 Å². The lowest BCUT2D eigenvalue weighted by molar-refractivity contribution is 0.248. The molecule has 0 radical (unpaired) electrons. The fourth-order valence-corrected chi connectivity index (χ4v) is 5.40. The summed E-state index contributed by atoms with van der Waals surface area (Å²) in [6, 6.07) is 18.2. The molecule has 0 heterocycles. The van der Waals surface area contributed by atoms with E-state index in [2.05, 4.69) is 170 Å². The van der Waals surface area contributed by atoms with Gasteiger partial charge in [0, 0.05) is 5.41 Å². The lowest BCUT2D eigenvalue weighted by Gasteiger charge is -2.38. The third-order valence-electron chi connectivity index (χ3n) is 8.96. The van der Waals surface area contributed by atoms with Crippen LogP contribution in [-0.2, 0) is 18.3 Å². The van der Waals surface area contributed by atoms with Crippen LogP contribution in [0.25, 0.3) is 0 Å². The monoisotopic (exact) mass is 647 g/mol. The Kier molecular flexibility index (Phi) is 24.9. The molecule has 47 heavy (non-hydrogen) atoms. The zero-order valence-corrected chi connectivity index (χ0v) is 30.5. The summed E-state index contributed by atoms with van der Waals surface area (Å²) in [5.41, 5.74) is 9.79. The van der Waals surface area contributed by atoms with Gasteiger partial charge in [0.2, 0.25) is 0 Å². The number of aryl methyl sites for hydroxylation is 1. The van der Waals surface area contributed by atoms with Crippen molar-refractivity contribution in [3.63, 3.8) is 0 Å². The van der Waals surface area contributed by atoms with E-state index in [-0.39, 0.29) is 40.5 Å². The second-order valence-corrected chi connectivity index (χ2v) is 15.7. The molecule has 0 saturated carbocycles. The fraction of sp³-hybridized carbons (Fsp3) is 0.574. The molecule has 0 aliphatic heterocycles. The van der Waals surface area contributed by atoms with Crippen LogP contribution >= 0.6 is 0 Å². The van der Waals surface area contributed by atoms with Gasteiger partial charge in [0.15, 0.2) is 0 Å². The van der Waals surface area contributed by atoms with Crippen molar-refractivity contribution in [2.45, 2.75) is 157 Å². The third-order valence-corrected chi connectivity index (χ3v) is 8.96. The van der Waals surface area contributed by atoms with Gasteiger partial charge in [-0.25, -0.2) is 0 Å². The molecule has 0 bridgehead atoms. The summed E-state index contributed by atoms with van der Waals surface area (Å²) < 4.78 is 0. The summed E-state index contributed by atoms with van der Waals surface area (Å²) in [6.45, 7) is 38.3. The van der Waals surface area contributed by atoms with Crippen molar-refractivity contribution >= 4 is 0 Å². The molecule has 0 fully saturated rings. The van der Waals surface area contributed by atoms with Crippen molar-refractivity contribution in [2.75, 3.05) is 0 Å². The molecule has 1 unspecified atom stereocenters. The topological polar surface area (TPSA) is 0 Å². The van der Waals surface area contributed by atoms with Crippen LogP contribution < -0.4 is 0 Å². The highest BCUT2D eigenvalue weighted by Gasteiger charge is 2.36. The molecule has 0 N–H and O–H groups in total. The summed E-state index contributed by atoms with van der Waals surface area (Å²) in [7, 11) is 0. The lowest BCUT2D eigenvalue weighted by Crippen LogP contribution is -2.32. The molecule has 270 valence electrons. The number of allylic oxidation sites excluding steroid dienone is 6. The first-order valence-electron chi connectivity index (χ1n) is 16.7. The van der Waals surface area contributed by atoms with Gasteiger partial charge in [-0.15, -0.1) is 6.58 Å². The molecule has 0 aliphatic rings. The Balaban J connectivity index is -0.000000843. The Bertz CT molecular complexity index is 1210. The van der Waals surface area contributed by atoms with Crippen LogP contribution in [0.15, 0.2) is 96.6 Å². The first-order chi connectivity index (χ1) is 19.8. The molecule has 0 amide bonds.